The molecule has 0 spiro atoms. The van der Waals surface area contributed by atoms with Crippen molar-refractivity contribution in [3.05, 3.63) is 93.5 Å². The molecule has 5 rings (SSSR count). The SMILES string of the molecule is O=C(CN1C(=O)S/C(=C/c2c(Oc3nc(Cl)ncc3F)ccc3ccccc23)C1=O)Nc1cccc(Cl)c1. The highest BCUT2D eigenvalue weighted by Crippen LogP contribution is 2.38. The number of aromatic nitrogens is 2. The first-order valence-corrected chi connectivity index (χ1v) is 12.5. The van der Waals surface area contributed by atoms with Crippen LogP contribution in [0.2, 0.25) is 10.3 Å². The first kappa shape index (κ1) is 25.7. The average molecular weight is 569 g/mol. The van der Waals surface area contributed by atoms with Crippen LogP contribution in [0.1, 0.15) is 5.56 Å². The maximum absolute atomic E-state index is 14.3. The average Bonchev–Trinajstić information content (AvgIpc) is 3.14. The predicted octanol–water partition coefficient (Wildman–Crippen LogP) is 6.54. The van der Waals surface area contributed by atoms with E-state index in [1.165, 1.54) is 6.08 Å². The molecular formula is C26H15Cl2FN4O4S. The molecule has 190 valence electrons. The number of hydrogen-bond donors (Lipinski definition) is 1. The van der Waals surface area contributed by atoms with Gasteiger partial charge in [0.15, 0.2) is 0 Å². The minimum atomic E-state index is -0.834. The lowest BCUT2D eigenvalue weighted by atomic mass is 10.0. The van der Waals surface area contributed by atoms with Gasteiger partial charge in [0, 0.05) is 16.3 Å². The molecule has 1 aromatic heterocycles. The minimum absolute atomic E-state index is 0.0629. The zero-order chi connectivity index (χ0) is 26.8. The van der Waals surface area contributed by atoms with Crippen LogP contribution < -0.4 is 10.1 Å². The summed E-state index contributed by atoms with van der Waals surface area (Å²) < 4.78 is 20.0. The van der Waals surface area contributed by atoms with E-state index in [1.807, 2.05) is 12.1 Å². The topological polar surface area (TPSA) is 101 Å². The van der Waals surface area contributed by atoms with E-state index in [4.69, 9.17) is 27.9 Å². The van der Waals surface area contributed by atoms with Crippen LogP contribution in [0.25, 0.3) is 16.8 Å². The van der Waals surface area contributed by atoms with E-state index in [-0.39, 0.29) is 15.9 Å². The summed E-state index contributed by atoms with van der Waals surface area (Å²) in [6, 6.07) is 17.1. The Morgan fingerprint density at radius 2 is 1.92 bits per heavy atom. The Balaban J connectivity index is 1.46. The monoisotopic (exact) mass is 568 g/mol. The third-order valence-electron chi connectivity index (χ3n) is 5.38. The van der Waals surface area contributed by atoms with E-state index in [1.54, 1.807) is 48.5 Å². The van der Waals surface area contributed by atoms with Crippen LogP contribution in [0, 0.1) is 5.82 Å². The van der Waals surface area contributed by atoms with Crippen LogP contribution >= 0.6 is 35.0 Å². The highest BCUT2D eigenvalue weighted by Gasteiger charge is 2.36. The fourth-order valence-corrected chi connectivity index (χ4v) is 4.83. The van der Waals surface area contributed by atoms with Crippen LogP contribution in [0.4, 0.5) is 14.9 Å². The number of benzene rings is 3. The van der Waals surface area contributed by atoms with Gasteiger partial charge in [-0.2, -0.15) is 9.37 Å². The molecule has 1 aliphatic heterocycles. The second kappa shape index (κ2) is 10.8. The van der Waals surface area contributed by atoms with Crippen LogP contribution in [-0.2, 0) is 9.59 Å². The Hall–Kier alpha value is -3.99. The van der Waals surface area contributed by atoms with Crippen molar-refractivity contribution in [3.63, 3.8) is 0 Å². The molecule has 2 heterocycles. The van der Waals surface area contributed by atoms with Gasteiger partial charge in [0.05, 0.1) is 11.1 Å². The molecule has 38 heavy (non-hydrogen) atoms. The zero-order valence-electron chi connectivity index (χ0n) is 19.2. The van der Waals surface area contributed by atoms with Gasteiger partial charge in [-0.15, -0.1) is 0 Å². The molecule has 0 atom stereocenters. The second-order valence-electron chi connectivity index (χ2n) is 7.92. The van der Waals surface area contributed by atoms with Gasteiger partial charge in [-0.3, -0.25) is 19.3 Å². The van der Waals surface area contributed by atoms with Crippen LogP contribution in [0.3, 0.4) is 0 Å². The number of ether oxygens (including phenoxy) is 1. The molecule has 1 fully saturated rings. The summed E-state index contributed by atoms with van der Waals surface area (Å²) in [5.41, 5.74) is 0.839. The van der Waals surface area contributed by atoms with E-state index in [9.17, 15) is 18.8 Å². The smallest absolute Gasteiger partial charge is 0.294 e. The Morgan fingerprint density at radius 1 is 1.11 bits per heavy atom. The van der Waals surface area contributed by atoms with E-state index >= 15 is 0 Å². The number of thioether (sulfide) groups is 1. The summed E-state index contributed by atoms with van der Waals surface area (Å²) in [6.07, 6.45) is 2.35. The summed E-state index contributed by atoms with van der Waals surface area (Å²) in [6.45, 7) is -0.488. The number of fused-ring (bicyclic) bond motifs is 1. The van der Waals surface area contributed by atoms with E-state index in [2.05, 4.69) is 15.3 Å². The number of nitrogens with zero attached hydrogens (tertiary/aromatic N) is 3. The number of hydrogen-bond acceptors (Lipinski definition) is 7. The lowest BCUT2D eigenvalue weighted by molar-refractivity contribution is -0.127. The Labute approximate surface area is 229 Å². The minimum Gasteiger partial charge on any atom is -0.436 e. The summed E-state index contributed by atoms with van der Waals surface area (Å²) in [4.78, 5) is 46.6. The Morgan fingerprint density at radius 3 is 2.74 bits per heavy atom. The van der Waals surface area contributed by atoms with E-state index in [0.29, 0.717) is 33.4 Å². The van der Waals surface area contributed by atoms with Crippen LogP contribution in [0.5, 0.6) is 11.6 Å². The molecule has 12 heteroatoms. The van der Waals surface area contributed by atoms with Gasteiger partial charge in [-0.05, 0) is 64.5 Å². The number of nitrogens with one attached hydrogen (secondary N) is 1. The maximum Gasteiger partial charge on any atom is 0.294 e. The molecule has 0 radical (unpaired) electrons. The fraction of sp³-hybridized carbons (Fsp3) is 0.0385. The van der Waals surface area contributed by atoms with Crippen LogP contribution in [0.15, 0.2) is 71.8 Å². The molecule has 1 saturated heterocycles. The molecule has 0 aliphatic carbocycles. The van der Waals surface area contributed by atoms with Crippen LogP contribution in [-0.4, -0.2) is 38.5 Å². The number of carbonyl (C=O) groups is 3. The largest absolute Gasteiger partial charge is 0.436 e. The summed E-state index contributed by atoms with van der Waals surface area (Å²) >= 11 is 12.4. The third-order valence-corrected chi connectivity index (χ3v) is 6.70. The van der Waals surface area contributed by atoms with Gasteiger partial charge in [-0.1, -0.05) is 48.0 Å². The second-order valence-corrected chi connectivity index (χ2v) is 9.69. The standard InChI is InChI=1S/C26H15Cl2FN4O4S/c27-15-5-3-6-16(10-15)31-22(34)13-33-24(35)21(38-26(33)36)11-18-17-7-2-1-4-14(17)8-9-20(18)37-23-19(29)12-30-25(28)32-23/h1-12H,13H2,(H,31,34)/b21-11+. The van der Waals surface area contributed by atoms with Gasteiger partial charge in [0.25, 0.3) is 17.0 Å². The molecule has 8 nitrogen and oxygen atoms in total. The lowest BCUT2D eigenvalue weighted by Crippen LogP contribution is -2.36. The number of halogens is 3. The zero-order valence-corrected chi connectivity index (χ0v) is 21.5. The third kappa shape index (κ3) is 5.47. The van der Waals surface area contributed by atoms with Gasteiger partial charge >= 0.3 is 0 Å². The lowest BCUT2D eigenvalue weighted by Gasteiger charge is -2.13. The molecule has 1 N–H and O–H groups in total. The molecule has 0 saturated carbocycles. The fourth-order valence-electron chi connectivity index (χ4n) is 3.70. The van der Waals surface area contributed by atoms with Crippen molar-refractivity contribution in [1.82, 2.24) is 14.9 Å². The predicted molar refractivity (Wildman–Crippen MR) is 144 cm³/mol. The van der Waals surface area contributed by atoms with Gasteiger partial charge in [-0.25, -0.2) is 4.98 Å². The number of rotatable bonds is 6. The first-order chi connectivity index (χ1) is 18.3. The first-order valence-electron chi connectivity index (χ1n) is 11.0. The van der Waals surface area contributed by atoms with Crippen molar-refractivity contribution >= 4 is 74.6 Å². The number of amides is 3. The molecule has 3 amide bonds. The maximum atomic E-state index is 14.3. The van der Waals surface area contributed by atoms with Crippen molar-refractivity contribution in [3.8, 4) is 11.6 Å². The van der Waals surface area contributed by atoms with Gasteiger partial charge < -0.3 is 10.1 Å². The highest BCUT2D eigenvalue weighted by atomic mass is 35.5. The number of carbonyl (C=O) groups excluding carboxylic acids is 3. The van der Waals surface area contributed by atoms with E-state index in [0.717, 1.165) is 16.5 Å². The van der Waals surface area contributed by atoms with Crippen molar-refractivity contribution in [1.29, 1.82) is 0 Å². The van der Waals surface area contributed by atoms with Gasteiger partial charge in [0.2, 0.25) is 17.0 Å². The van der Waals surface area contributed by atoms with E-state index < -0.39 is 35.3 Å². The van der Waals surface area contributed by atoms with Crippen molar-refractivity contribution in [2.24, 2.45) is 0 Å². The molecule has 4 aromatic rings. The number of imide groups is 1. The molecular weight excluding hydrogens is 554 g/mol. The Kier molecular flexibility index (Phi) is 7.28. The summed E-state index contributed by atoms with van der Waals surface area (Å²) in [7, 11) is 0. The normalized spacial score (nSPS) is 14.4. The molecule has 3 aromatic carbocycles. The molecule has 1 aliphatic rings. The summed E-state index contributed by atoms with van der Waals surface area (Å²) in [5, 5.41) is 3.70. The van der Waals surface area contributed by atoms with Gasteiger partial charge in [0.1, 0.15) is 12.3 Å². The number of anilines is 1. The Bertz CT molecular complexity index is 1650. The highest BCUT2D eigenvalue weighted by molar-refractivity contribution is 8.18. The quantitative estimate of drug-likeness (QED) is 0.208. The molecule has 0 unspecified atom stereocenters. The van der Waals surface area contributed by atoms with Crippen molar-refractivity contribution in [2.45, 2.75) is 0 Å². The van der Waals surface area contributed by atoms with Crippen molar-refractivity contribution in [2.75, 3.05) is 11.9 Å². The summed E-state index contributed by atoms with van der Waals surface area (Å²) in [5.74, 6) is -2.29. The van der Waals surface area contributed by atoms with Crippen molar-refractivity contribution < 1.29 is 23.5 Å². The molecule has 0 bridgehead atoms.